The van der Waals surface area contributed by atoms with Gasteiger partial charge in [-0.25, -0.2) is 0 Å². The molecule has 0 saturated heterocycles. The molecule has 0 radical (unpaired) electrons. The van der Waals surface area contributed by atoms with Crippen LogP contribution in [0.15, 0.2) is 36.4 Å². The van der Waals surface area contributed by atoms with Gasteiger partial charge in [0.2, 0.25) is 0 Å². The smallest absolute Gasteiger partial charge is 0.416 e. The van der Waals surface area contributed by atoms with Gasteiger partial charge in [0.15, 0.2) is 5.78 Å². The van der Waals surface area contributed by atoms with Crippen LogP contribution in [0.5, 0.6) is 11.5 Å². The maximum absolute atomic E-state index is 12.8. The molecule has 0 saturated carbocycles. The summed E-state index contributed by atoms with van der Waals surface area (Å²) in [6, 6.07) is 7.58. The zero-order chi connectivity index (χ0) is 15.2. The van der Waals surface area contributed by atoms with E-state index in [4.69, 9.17) is 16.3 Å². The van der Waals surface area contributed by atoms with Crippen LogP contribution in [0, 0.1) is 0 Å². The van der Waals surface area contributed by atoms with Crippen molar-refractivity contribution in [1.29, 1.82) is 0 Å². The van der Waals surface area contributed by atoms with E-state index in [1.165, 1.54) is 6.07 Å². The number of carbonyl (C=O) groups excluding carboxylic acids is 1. The first-order valence-corrected chi connectivity index (χ1v) is 6.43. The molecule has 0 aliphatic carbocycles. The highest BCUT2D eigenvalue weighted by molar-refractivity contribution is 6.30. The van der Waals surface area contributed by atoms with Gasteiger partial charge >= 0.3 is 6.18 Å². The highest BCUT2D eigenvalue weighted by Gasteiger charge is 2.32. The largest absolute Gasteiger partial charge is 0.456 e. The SMILES string of the molecule is O=C1Cc2ccc(Cl)cc2Oc2cc(C(F)(F)F)ccc21. The molecule has 3 rings (SSSR count). The lowest BCUT2D eigenvalue weighted by molar-refractivity contribution is -0.137. The number of Topliss-reactive ketones (excluding diaryl/α,β-unsaturated/α-hetero) is 1. The van der Waals surface area contributed by atoms with Crippen molar-refractivity contribution in [1.82, 2.24) is 0 Å². The Morgan fingerprint density at radius 3 is 2.52 bits per heavy atom. The molecule has 0 unspecified atom stereocenters. The Morgan fingerprint density at radius 1 is 1.05 bits per heavy atom. The lowest BCUT2D eigenvalue weighted by atomic mass is 10.0. The van der Waals surface area contributed by atoms with Gasteiger partial charge in [-0.3, -0.25) is 4.79 Å². The van der Waals surface area contributed by atoms with E-state index in [0.29, 0.717) is 16.3 Å². The summed E-state index contributed by atoms with van der Waals surface area (Å²) in [4.78, 5) is 12.1. The Labute approximate surface area is 123 Å². The van der Waals surface area contributed by atoms with Gasteiger partial charge in [-0.1, -0.05) is 17.7 Å². The molecule has 1 heterocycles. The molecule has 6 heteroatoms. The lowest BCUT2D eigenvalue weighted by Crippen LogP contribution is -2.07. The molecule has 0 bridgehead atoms. The van der Waals surface area contributed by atoms with Crippen LogP contribution in [0.1, 0.15) is 21.5 Å². The Bertz CT molecular complexity index is 738. The van der Waals surface area contributed by atoms with Crippen LogP contribution >= 0.6 is 11.6 Å². The number of hydrogen-bond acceptors (Lipinski definition) is 2. The van der Waals surface area contributed by atoms with E-state index in [-0.39, 0.29) is 23.5 Å². The Morgan fingerprint density at radius 2 is 1.81 bits per heavy atom. The van der Waals surface area contributed by atoms with E-state index in [1.54, 1.807) is 12.1 Å². The van der Waals surface area contributed by atoms with Crippen molar-refractivity contribution in [3.8, 4) is 11.5 Å². The zero-order valence-electron chi connectivity index (χ0n) is 10.5. The molecule has 0 fully saturated rings. The fourth-order valence-corrected chi connectivity index (χ4v) is 2.33. The first-order chi connectivity index (χ1) is 9.84. The van der Waals surface area contributed by atoms with E-state index < -0.39 is 11.7 Å². The van der Waals surface area contributed by atoms with Gasteiger partial charge in [0.1, 0.15) is 11.5 Å². The molecule has 0 N–H and O–H groups in total. The van der Waals surface area contributed by atoms with Gasteiger partial charge in [0, 0.05) is 17.0 Å². The molecule has 0 spiro atoms. The average molecular weight is 313 g/mol. The van der Waals surface area contributed by atoms with E-state index >= 15 is 0 Å². The molecule has 2 aromatic rings. The third-order valence-electron chi connectivity index (χ3n) is 3.21. The second-order valence-corrected chi connectivity index (χ2v) is 5.10. The van der Waals surface area contributed by atoms with Crippen LogP contribution in [-0.4, -0.2) is 5.78 Å². The molecule has 1 aliphatic rings. The van der Waals surface area contributed by atoms with E-state index in [2.05, 4.69) is 0 Å². The molecule has 108 valence electrons. The van der Waals surface area contributed by atoms with Crippen molar-refractivity contribution >= 4 is 17.4 Å². The summed E-state index contributed by atoms with van der Waals surface area (Å²) >= 11 is 5.85. The van der Waals surface area contributed by atoms with Gasteiger partial charge in [-0.2, -0.15) is 13.2 Å². The molecule has 2 nitrogen and oxygen atoms in total. The Kier molecular flexibility index (Phi) is 3.17. The molecular formula is C15H8ClF3O2. The lowest BCUT2D eigenvalue weighted by Gasteiger charge is -2.12. The Balaban J connectivity index is 2.14. The molecule has 2 aromatic carbocycles. The summed E-state index contributed by atoms with van der Waals surface area (Å²) in [5, 5.41) is 0.386. The Hall–Kier alpha value is -2.01. The summed E-state index contributed by atoms with van der Waals surface area (Å²) in [6.07, 6.45) is -4.43. The first kappa shape index (κ1) is 13.9. The maximum atomic E-state index is 12.8. The second kappa shape index (κ2) is 4.77. The molecule has 0 amide bonds. The number of rotatable bonds is 0. The van der Waals surface area contributed by atoms with Crippen molar-refractivity contribution in [3.63, 3.8) is 0 Å². The van der Waals surface area contributed by atoms with Crippen LogP contribution in [0.4, 0.5) is 13.2 Å². The topological polar surface area (TPSA) is 26.3 Å². The number of halogens is 4. The monoisotopic (exact) mass is 312 g/mol. The molecule has 0 aromatic heterocycles. The summed E-state index contributed by atoms with van der Waals surface area (Å²) in [5.74, 6) is -0.0930. The van der Waals surface area contributed by atoms with Crippen molar-refractivity contribution in [2.75, 3.05) is 0 Å². The molecule has 0 atom stereocenters. The minimum absolute atomic E-state index is 0.0604. The van der Waals surface area contributed by atoms with Gasteiger partial charge < -0.3 is 4.74 Å². The van der Waals surface area contributed by atoms with Crippen LogP contribution in [0.25, 0.3) is 0 Å². The highest BCUT2D eigenvalue weighted by atomic mass is 35.5. The van der Waals surface area contributed by atoms with E-state index in [0.717, 1.165) is 18.2 Å². The summed E-state index contributed by atoms with van der Waals surface area (Å²) in [7, 11) is 0. The third-order valence-corrected chi connectivity index (χ3v) is 3.44. The van der Waals surface area contributed by atoms with Gasteiger partial charge in [0.25, 0.3) is 0 Å². The van der Waals surface area contributed by atoms with Gasteiger partial charge in [0.05, 0.1) is 11.1 Å². The molecular weight excluding hydrogens is 305 g/mol. The van der Waals surface area contributed by atoms with E-state index in [9.17, 15) is 18.0 Å². The normalized spacial score (nSPS) is 14.0. The average Bonchev–Trinajstić information content (AvgIpc) is 2.53. The zero-order valence-corrected chi connectivity index (χ0v) is 11.3. The summed E-state index contributed by atoms with van der Waals surface area (Å²) in [6.45, 7) is 0. The van der Waals surface area contributed by atoms with Crippen molar-refractivity contribution in [3.05, 3.63) is 58.1 Å². The van der Waals surface area contributed by atoms with Crippen molar-refractivity contribution in [2.24, 2.45) is 0 Å². The third kappa shape index (κ3) is 2.61. The predicted octanol–water partition coefficient (Wildman–Crippen LogP) is 4.89. The fourth-order valence-electron chi connectivity index (χ4n) is 2.17. The predicted molar refractivity (Wildman–Crippen MR) is 71.0 cm³/mol. The summed E-state index contributed by atoms with van der Waals surface area (Å²) in [5.41, 5.74) is -0.135. The van der Waals surface area contributed by atoms with Gasteiger partial charge in [-0.15, -0.1) is 0 Å². The number of hydrogen-bond donors (Lipinski definition) is 0. The van der Waals surface area contributed by atoms with Crippen molar-refractivity contribution < 1.29 is 22.7 Å². The van der Waals surface area contributed by atoms with Gasteiger partial charge in [-0.05, 0) is 30.3 Å². The number of fused-ring (bicyclic) bond motifs is 2. The van der Waals surface area contributed by atoms with Crippen LogP contribution < -0.4 is 4.74 Å². The quantitative estimate of drug-likeness (QED) is 0.692. The number of alkyl halides is 3. The first-order valence-electron chi connectivity index (χ1n) is 6.05. The van der Waals surface area contributed by atoms with Crippen LogP contribution in [0.3, 0.4) is 0 Å². The minimum atomic E-state index is -4.50. The fraction of sp³-hybridized carbons (Fsp3) is 0.133. The van der Waals surface area contributed by atoms with E-state index in [1.807, 2.05) is 0 Å². The number of ether oxygens (including phenoxy) is 1. The van der Waals surface area contributed by atoms with Crippen LogP contribution in [-0.2, 0) is 12.6 Å². The molecule has 21 heavy (non-hydrogen) atoms. The standard InChI is InChI=1S/C15H8ClF3O2/c16-10-3-1-8-5-12(20)11-4-2-9(15(17,18)19)6-14(11)21-13(8)7-10/h1-4,6-7H,5H2. The number of ketones is 1. The van der Waals surface area contributed by atoms with Crippen LogP contribution in [0.2, 0.25) is 5.02 Å². The second-order valence-electron chi connectivity index (χ2n) is 4.66. The van der Waals surface area contributed by atoms with Crippen molar-refractivity contribution in [2.45, 2.75) is 12.6 Å². The molecule has 1 aliphatic heterocycles. The minimum Gasteiger partial charge on any atom is -0.456 e. The maximum Gasteiger partial charge on any atom is 0.416 e. The highest BCUT2D eigenvalue weighted by Crippen LogP contribution is 2.39. The summed E-state index contributed by atoms with van der Waals surface area (Å²) < 4.78 is 43.7. The number of carbonyl (C=O) groups is 1. The number of benzene rings is 2.